The Balaban J connectivity index is 1.42. The van der Waals surface area contributed by atoms with E-state index in [1.165, 1.54) is 5.56 Å². The number of aromatic nitrogens is 3. The van der Waals surface area contributed by atoms with E-state index in [1.807, 2.05) is 74.5 Å². The lowest BCUT2D eigenvalue weighted by Crippen LogP contribution is -2.20. The van der Waals surface area contributed by atoms with Crippen LogP contribution in [-0.2, 0) is 4.79 Å². The fourth-order valence-electron chi connectivity index (χ4n) is 3.62. The summed E-state index contributed by atoms with van der Waals surface area (Å²) in [5, 5.41) is 12.1. The van der Waals surface area contributed by atoms with Crippen molar-refractivity contribution in [2.24, 2.45) is 0 Å². The largest absolute Gasteiger partial charge is 0.494 e. The Morgan fingerprint density at radius 1 is 0.941 bits per heavy atom. The minimum atomic E-state index is -0.229. The van der Waals surface area contributed by atoms with Crippen LogP contribution in [0.5, 0.6) is 11.5 Å². The average Bonchev–Trinajstić information content (AvgIpc) is 3.26. The van der Waals surface area contributed by atoms with Crippen LogP contribution in [0, 0.1) is 6.92 Å². The van der Waals surface area contributed by atoms with E-state index in [4.69, 9.17) is 9.47 Å². The van der Waals surface area contributed by atoms with E-state index in [1.54, 1.807) is 4.80 Å². The highest BCUT2D eigenvalue weighted by molar-refractivity contribution is 5.95. The van der Waals surface area contributed by atoms with Crippen LogP contribution in [0.15, 0.2) is 60.7 Å². The number of nitrogens with zero attached hydrogens (tertiary/aromatic N) is 3. The standard InChI is InChI=1S/C27H30N4O3/c1-5-18(3)20-7-11-23(12-8-20)34-17-27(32)28-24-16-26-25(15-19(24)4)29-31(30-26)21-9-13-22(14-10-21)33-6-2/h7-16,18H,5-6,17H2,1-4H3,(H,28,32). The zero-order valence-corrected chi connectivity index (χ0v) is 20.0. The molecule has 0 saturated heterocycles. The molecule has 4 aromatic rings. The predicted octanol–water partition coefficient (Wildman–Crippen LogP) is 5.66. The molecule has 0 aliphatic carbocycles. The molecule has 34 heavy (non-hydrogen) atoms. The number of aryl methyl sites for hydroxylation is 1. The highest BCUT2D eigenvalue weighted by atomic mass is 16.5. The maximum Gasteiger partial charge on any atom is 0.262 e. The van der Waals surface area contributed by atoms with Gasteiger partial charge in [-0.2, -0.15) is 4.80 Å². The maximum atomic E-state index is 12.5. The molecule has 1 unspecified atom stereocenters. The SMILES string of the molecule is CCOc1ccc(-n2nc3cc(C)c(NC(=O)COc4ccc(C(C)CC)cc4)cc3n2)cc1. The minimum Gasteiger partial charge on any atom is -0.494 e. The molecule has 1 N–H and O–H groups in total. The zero-order chi connectivity index (χ0) is 24.1. The summed E-state index contributed by atoms with van der Waals surface area (Å²) in [6.07, 6.45) is 1.08. The normalized spacial score (nSPS) is 11.9. The van der Waals surface area contributed by atoms with Gasteiger partial charge in [-0.3, -0.25) is 4.79 Å². The molecule has 0 radical (unpaired) electrons. The Bertz CT molecular complexity index is 1260. The molecule has 0 bridgehead atoms. The number of hydrogen-bond acceptors (Lipinski definition) is 5. The predicted molar refractivity (Wildman–Crippen MR) is 134 cm³/mol. The highest BCUT2D eigenvalue weighted by Gasteiger charge is 2.12. The molecule has 0 aliphatic rings. The molecule has 0 spiro atoms. The van der Waals surface area contributed by atoms with Crippen LogP contribution in [0.25, 0.3) is 16.7 Å². The van der Waals surface area contributed by atoms with Gasteiger partial charge in [0.05, 0.1) is 12.3 Å². The number of carbonyl (C=O) groups is 1. The number of hydrogen-bond donors (Lipinski definition) is 1. The molecule has 7 nitrogen and oxygen atoms in total. The van der Waals surface area contributed by atoms with Gasteiger partial charge < -0.3 is 14.8 Å². The Morgan fingerprint density at radius 2 is 1.56 bits per heavy atom. The lowest BCUT2D eigenvalue weighted by molar-refractivity contribution is -0.118. The molecular weight excluding hydrogens is 428 g/mol. The van der Waals surface area contributed by atoms with Crippen LogP contribution in [0.2, 0.25) is 0 Å². The molecule has 1 aromatic heterocycles. The van der Waals surface area contributed by atoms with E-state index in [2.05, 4.69) is 29.4 Å². The summed E-state index contributed by atoms with van der Waals surface area (Å²) < 4.78 is 11.2. The summed E-state index contributed by atoms with van der Waals surface area (Å²) in [5.41, 5.74) is 5.12. The summed E-state index contributed by atoms with van der Waals surface area (Å²) in [7, 11) is 0. The molecule has 176 valence electrons. The van der Waals surface area contributed by atoms with Crippen LogP contribution in [0.4, 0.5) is 5.69 Å². The molecule has 4 rings (SSSR count). The quantitative estimate of drug-likeness (QED) is 0.350. The molecule has 1 heterocycles. The van der Waals surface area contributed by atoms with E-state index in [0.717, 1.165) is 28.9 Å². The van der Waals surface area contributed by atoms with Crippen molar-refractivity contribution in [3.63, 3.8) is 0 Å². The first kappa shape index (κ1) is 23.3. The number of ether oxygens (including phenoxy) is 2. The summed E-state index contributed by atoms with van der Waals surface area (Å²) in [4.78, 5) is 14.1. The average molecular weight is 459 g/mol. The monoisotopic (exact) mass is 458 g/mol. The Kier molecular flexibility index (Phi) is 7.11. The van der Waals surface area contributed by atoms with Crippen LogP contribution in [0.3, 0.4) is 0 Å². The van der Waals surface area contributed by atoms with Gasteiger partial charge in [0.15, 0.2) is 6.61 Å². The van der Waals surface area contributed by atoms with Gasteiger partial charge in [-0.25, -0.2) is 0 Å². The van der Waals surface area contributed by atoms with Gasteiger partial charge in [-0.1, -0.05) is 26.0 Å². The fourth-order valence-corrected chi connectivity index (χ4v) is 3.62. The van der Waals surface area contributed by atoms with Crippen molar-refractivity contribution in [3.8, 4) is 17.2 Å². The van der Waals surface area contributed by atoms with Crippen molar-refractivity contribution in [2.45, 2.75) is 40.0 Å². The molecule has 0 aliphatic heterocycles. The maximum absolute atomic E-state index is 12.5. The van der Waals surface area contributed by atoms with Crippen molar-refractivity contribution in [2.75, 3.05) is 18.5 Å². The van der Waals surface area contributed by atoms with Gasteiger partial charge in [0.2, 0.25) is 0 Å². The van der Waals surface area contributed by atoms with E-state index in [-0.39, 0.29) is 12.5 Å². The summed E-state index contributed by atoms with van der Waals surface area (Å²) >= 11 is 0. The van der Waals surface area contributed by atoms with Crippen molar-refractivity contribution < 1.29 is 14.3 Å². The number of carbonyl (C=O) groups excluding carboxylic acids is 1. The first-order chi connectivity index (χ1) is 16.5. The second-order valence-corrected chi connectivity index (χ2v) is 8.29. The highest BCUT2D eigenvalue weighted by Crippen LogP contribution is 2.24. The van der Waals surface area contributed by atoms with Crippen LogP contribution >= 0.6 is 0 Å². The molecule has 0 fully saturated rings. The van der Waals surface area contributed by atoms with Crippen molar-refractivity contribution in [3.05, 3.63) is 71.8 Å². The third-order valence-electron chi connectivity index (χ3n) is 5.81. The second-order valence-electron chi connectivity index (χ2n) is 8.29. The summed E-state index contributed by atoms with van der Waals surface area (Å²) in [6.45, 7) is 8.79. The van der Waals surface area contributed by atoms with Gasteiger partial charge in [0.25, 0.3) is 5.91 Å². The zero-order valence-electron chi connectivity index (χ0n) is 20.0. The number of fused-ring (bicyclic) bond motifs is 1. The van der Waals surface area contributed by atoms with Crippen LogP contribution in [-0.4, -0.2) is 34.1 Å². The van der Waals surface area contributed by atoms with E-state index in [9.17, 15) is 4.79 Å². The van der Waals surface area contributed by atoms with E-state index in [0.29, 0.717) is 29.5 Å². The Labute approximate surface area is 199 Å². The molecule has 0 saturated carbocycles. The van der Waals surface area contributed by atoms with Gasteiger partial charge in [0.1, 0.15) is 22.5 Å². The van der Waals surface area contributed by atoms with Gasteiger partial charge in [-0.15, -0.1) is 10.2 Å². The number of benzene rings is 3. The lowest BCUT2D eigenvalue weighted by Gasteiger charge is -2.11. The van der Waals surface area contributed by atoms with E-state index < -0.39 is 0 Å². The Morgan fingerprint density at radius 3 is 2.21 bits per heavy atom. The molecule has 1 atom stereocenters. The third kappa shape index (κ3) is 5.36. The summed E-state index contributed by atoms with van der Waals surface area (Å²) in [6, 6.07) is 19.3. The smallest absolute Gasteiger partial charge is 0.262 e. The van der Waals surface area contributed by atoms with E-state index >= 15 is 0 Å². The number of rotatable bonds is 9. The van der Waals surface area contributed by atoms with Crippen LogP contribution in [0.1, 0.15) is 44.2 Å². The number of nitrogens with one attached hydrogen (secondary N) is 1. The topological polar surface area (TPSA) is 78.3 Å². The number of anilines is 1. The van der Waals surface area contributed by atoms with Crippen molar-refractivity contribution >= 4 is 22.6 Å². The first-order valence-corrected chi connectivity index (χ1v) is 11.6. The molecule has 3 aromatic carbocycles. The second kappa shape index (κ2) is 10.4. The van der Waals surface area contributed by atoms with Gasteiger partial charge >= 0.3 is 0 Å². The van der Waals surface area contributed by atoms with Gasteiger partial charge in [-0.05, 0) is 85.8 Å². The summed E-state index contributed by atoms with van der Waals surface area (Å²) in [5.74, 6) is 1.75. The number of amides is 1. The lowest BCUT2D eigenvalue weighted by atomic mass is 9.99. The minimum absolute atomic E-state index is 0.0704. The van der Waals surface area contributed by atoms with Gasteiger partial charge in [0, 0.05) is 5.69 Å². The first-order valence-electron chi connectivity index (χ1n) is 11.6. The molecule has 7 heteroatoms. The van der Waals surface area contributed by atoms with Crippen LogP contribution < -0.4 is 14.8 Å². The Hall–Kier alpha value is -3.87. The van der Waals surface area contributed by atoms with Crippen molar-refractivity contribution in [1.82, 2.24) is 15.0 Å². The molecular formula is C27H30N4O3. The fraction of sp³-hybridized carbons (Fsp3) is 0.296. The molecule has 1 amide bonds. The third-order valence-corrected chi connectivity index (χ3v) is 5.81. The van der Waals surface area contributed by atoms with Crippen molar-refractivity contribution in [1.29, 1.82) is 0 Å².